The molecule has 0 bridgehead atoms. The standard InChI is InChI=1S/C10H3F4N/c11-7-6(5-3-1-2-4-5)8(12)10(14)15-9(7)13/h1-3H. The lowest BCUT2D eigenvalue weighted by Crippen LogP contribution is -2.04. The first-order chi connectivity index (χ1) is 7.11. The van der Waals surface area contributed by atoms with E-state index in [1.807, 2.05) is 0 Å². The minimum Gasteiger partial charge on any atom is -0.201 e. The molecule has 1 heterocycles. The Balaban J connectivity index is 2.75. The Morgan fingerprint density at radius 1 is 1.00 bits per heavy atom. The average molecular weight is 213 g/mol. The van der Waals surface area contributed by atoms with Gasteiger partial charge in [-0.1, -0.05) is 6.08 Å². The van der Waals surface area contributed by atoms with Gasteiger partial charge in [0.15, 0.2) is 11.6 Å². The molecular weight excluding hydrogens is 210 g/mol. The number of nitrogens with zero attached hydrogens (tertiary/aromatic N) is 1. The zero-order valence-electron chi connectivity index (χ0n) is 7.19. The third-order valence-corrected chi connectivity index (χ3v) is 1.86. The highest BCUT2D eigenvalue weighted by molar-refractivity contribution is 5.76. The summed E-state index contributed by atoms with van der Waals surface area (Å²) in [6, 6.07) is 0. The van der Waals surface area contributed by atoms with Crippen LogP contribution in [0.4, 0.5) is 17.6 Å². The first-order valence-electron chi connectivity index (χ1n) is 3.95. The van der Waals surface area contributed by atoms with E-state index in [0.29, 0.717) is 0 Å². The molecule has 0 atom stereocenters. The van der Waals surface area contributed by atoms with Crippen molar-refractivity contribution in [2.75, 3.05) is 0 Å². The van der Waals surface area contributed by atoms with E-state index in [1.54, 1.807) is 0 Å². The summed E-state index contributed by atoms with van der Waals surface area (Å²) in [6.45, 7) is 0. The summed E-state index contributed by atoms with van der Waals surface area (Å²) in [5.41, 5.74) is 1.61. The van der Waals surface area contributed by atoms with Crippen molar-refractivity contribution in [3.05, 3.63) is 53.1 Å². The first-order valence-corrected chi connectivity index (χ1v) is 3.95. The van der Waals surface area contributed by atoms with Crippen molar-refractivity contribution in [2.45, 2.75) is 0 Å². The molecule has 2 rings (SSSR count). The molecule has 0 saturated heterocycles. The van der Waals surface area contributed by atoms with E-state index in [-0.39, 0.29) is 5.57 Å². The van der Waals surface area contributed by atoms with Crippen LogP contribution in [0.3, 0.4) is 0 Å². The zero-order valence-corrected chi connectivity index (χ0v) is 7.19. The molecule has 1 aliphatic rings. The van der Waals surface area contributed by atoms with Gasteiger partial charge in [0.25, 0.3) is 11.9 Å². The normalized spacial score (nSPS) is 13.5. The molecule has 0 fully saturated rings. The van der Waals surface area contributed by atoms with Gasteiger partial charge in [0.2, 0.25) is 0 Å². The van der Waals surface area contributed by atoms with Gasteiger partial charge in [-0.15, -0.1) is 5.73 Å². The summed E-state index contributed by atoms with van der Waals surface area (Å²) in [5, 5.41) is 0. The van der Waals surface area contributed by atoms with Gasteiger partial charge in [0.05, 0.1) is 5.56 Å². The molecule has 0 unspecified atom stereocenters. The topological polar surface area (TPSA) is 12.9 Å². The number of hydrogen-bond acceptors (Lipinski definition) is 1. The highest BCUT2D eigenvalue weighted by Crippen LogP contribution is 2.26. The van der Waals surface area contributed by atoms with Crippen molar-refractivity contribution in [1.82, 2.24) is 4.98 Å². The highest BCUT2D eigenvalue weighted by Gasteiger charge is 2.22. The smallest absolute Gasteiger partial charge is 0.201 e. The minimum absolute atomic E-state index is 0.0507. The number of rotatable bonds is 1. The van der Waals surface area contributed by atoms with Crippen LogP contribution in [0.15, 0.2) is 24.0 Å². The second kappa shape index (κ2) is 3.37. The Kier molecular flexibility index (Phi) is 2.17. The van der Waals surface area contributed by atoms with Crippen LogP contribution >= 0.6 is 0 Å². The van der Waals surface area contributed by atoms with Crippen LogP contribution < -0.4 is 0 Å². The second-order valence-corrected chi connectivity index (χ2v) is 2.78. The van der Waals surface area contributed by atoms with E-state index < -0.39 is 29.1 Å². The van der Waals surface area contributed by atoms with Crippen LogP contribution in [0.1, 0.15) is 5.56 Å². The maximum Gasteiger partial charge on any atom is 0.252 e. The molecule has 1 aliphatic carbocycles. The lowest BCUT2D eigenvalue weighted by atomic mass is 10.1. The molecule has 1 aromatic rings. The molecule has 0 saturated carbocycles. The Bertz CT molecular complexity index is 498. The van der Waals surface area contributed by atoms with Gasteiger partial charge in [-0.3, -0.25) is 0 Å². The second-order valence-electron chi connectivity index (χ2n) is 2.78. The van der Waals surface area contributed by atoms with Gasteiger partial charge in [0.1, 0.15) is 0 Å². The maximum atomic E-state index is 13.1. The lowest BCUT2D eigenvalue weighted by Gasteiger charge is -2.03. The van der Waals surface area contributed by atoms with E-state index >= 15 is 0 Å². The molecule has 0 radical (unpaired) electrons. The predicted octanol–water partition coefficient (Wildman–Crippen LogP) is 2.75. The molecular formula is C10H3F4N. The summed E-state index contributed by atoms with van der Waals surface area (Å²) in [4.78, 5) is 2.45. The number of hydrogen-bond donors (Lipinski definition) is 0. The van der Waals surface area contributed by atoms with E-state index in [1.165, 1.54) is 18.2 Å². The van der Waals surface area contributed by atoms with Crippen LogP contribution in [0.2, 0.25) is 0 Å². The van der Waals surface area contributed by atoms with Crippen molar-refractivity contribution in [3.8, 4) is 0 Å². The molecule has 1 nitrogen and oxygen atoms in total. The summed E-state index contributed by atoms with van der Waals surface area (Å²) in [5.74, 6) is -6.37. The van der Waals surface area contributed by atoms with E-state index in [9.17, 15) is 17.6 Å². The SMILES string of the molecule is Fc1nc(F)c(F)c(C2=C=CC=C2)c1F. The Hall–Kier alpha value is -1.87. The molecule has 76 valence electrons. The monoisotopic (exact) mass is 213 g/mol. The summed E-state index contributed by atoms with van der Waals surface area (Å²) in [7, 11) is 0. The molecule has 0 aliphatic heterocycles. The lowest BCUT2D eigenvalue weighted by molar-refractivity contribution is 0.404. The highest BCUT2D eigenvalue weighted by atomic mass is 19.2. The summed E-state index contributed by atoms with van der Waals surface area (Å²) in [6.07, 6.45) is 4.12. The van der Waals surface area contributed by atoms with Crippen LogP contribution in [0.5, 0.6) is 0 Å². The molecule has 0 amide bonds. The first kappa shape index (κ1) is 9.68. The third-order valence-electron chi connectivity index (χ3n) is 1.86. The fourth-order valence-corrected chi connectivity index (χ4v) is 1.21. The van der Waals surface area contributed by atoms with Crippen LogP contribution in [0, 0.1) is 23.5 Å². The summed E-state index contributed by atoms with van der Waals surface area (Å²) >= 11 is 0. The zero-order chi connectivity index (χ0) is 11.0. The van der Waals surface area contributed by atoms with E-state index in [4.69, 9.17) is 0 Å². The average Bonchev–Trinajstić information content (AvgIpc) is 2.69. The maximum absolute atomic E-state index is 13.1. The summed E-state index contributed by atoms with van der Waals surface area (Å²) < 4.78 is 51.7. The largest absolute Gasteiger partial charge is 0.252 e. The number of halogens is 4. The van der Waals surface area contributed by atoms with Crippen molar-refractivity contribution in [1.29, 1.82) is 0 Å². The van der Waals surface area contributed by atoms with Gasteiger partial charge in [-0.05, 0) is 12.2 Å². The van der Waals surface area contributed by atoms with Crippen molar-refractivity contribution >= 4 is 5.57 Å². The van der Waals surface area contributed by atoms with Gasteiger partial charge >= 0.3 is 0 Å². The van der Waals surface area contributed by atoms with Gasteiger partial charge in [0, 0.05) is 5.57 Å². The Labute approximate surface area is 82.1 Å². The van der Waals surface area contributed by atoms with E-state index in [0.717, 1.165) is 0 Å². The van der Waals surface area contributed by atoms with Crippen LogP contribution in [-0.2, 0) is 0 Å². The van der Waals surface area contributed by atoms with Crippen LogP contribution in [0.25, 0.3) is 5.57 Å². The Morgan fingerprint density at radius 3 is 2.07 bits per heavy atom. The van der Waals surface area contributed by atoms with Crippen LogP contribution in [-0.4, -0.2) is 4.98 Å². The molecule has 5 heteroatoms. The number of pyridine rings is 1. The fourth-order valence-electron chi connectivity index (χ4n) is 1.21. The van der Waals surface area contributed by atoms with Crippen molar-refractivity contribution < 1.29 is 17.6 Å². The molecule has 1 aromatic heterocycles. The van der Waals surface area contributed by atoms with Gasteiger partial charge < -0.3 is 0 Å². The van der Waals surface area contributed by atoms with Crippen molar-refractivity contribution in [3.63, 3.8) is 0 Å². The minimum atomic E-state index is -1.67. The van der Waals surface area contributed by atoms with E-state index in [2.05, 4.69) is 10.7 Å². The number of allylic oxidation sites excluding steroid dienone is 3. The quantitative estimate of drug-likeness (QED) is 0.397. The molecule has 0 aromatic carbocycles. The number of aromatic nitrogens is 1. The molecule has 0 spiro atoms. The predicted molar refractivity (Wildman–Crippen MR) is 44.7 cm³/mol. The van der Waals surface area contributed by atoms with Gasteiger partial charge in [-0.25, -0.2) is 8.78 Å². The third kappa shape index (κ3) is 1.47. The fraction of sp³-hybridized carbons (Fsp3) is 0. The Morgan fingerprint density at radius 2 is 1.60 bits per heavy atom. The van der Waals surface area contributed by atoms with Crippen molar-refractivity contribution in [2.24, 2.45) is 0 Å². The molecule has 0 N–H and O–H groups in total. The molecule has 15 heavy (non-hydrogen) atoms. The van der Waals surface area contributed by atoms with Gasteiger partial charge in [-0.2, -0.15) is 13.8 Å².